The Hall–Kier alpha value is -1.59. The van der Waals surface area contributed by atoms with Gasteiger partial charge in [-0.3, -0.25) is 14.5 Å². The summed E-state index contributed by atoms with van der Waals surface area (Å²) in [6.45, 7) is 7.30. The molecule has 2 rings (SSSR count). The molecule has 0 aliphatic carbocycles. The van der Waals surface area contributed by atoms with E-state index in [4.69, 9.17) is 11.6 Å². The molecule has 2 amide bonds. The molecule has 6 heteroatoms. The number of rotatable bonds is 5. The number of anilines is 1. The Labute approximate surface area is 142 Å². The van der Waals surface area contributed by atoms with E-state index >= 15 is 0 Å². The second-order valence-electron chi connectivity index (χ2n) is 6.31. The number of hydrogen-bond acceptors (Lipinski definition) is 3. The van der Waals surface area contributed by atoms with Crippen LogP contribution in [0.3, 0.4) is 0 Å². The van der Waals surface area contributed by atoms with Crippen molar-refractivity contribution in [3.05, 3.63) is 29.3 Å². The quantitative estimate of drug-likeness (QED) is 0.898. The number of hydrogen-bond donors (Lipinski definition) is 1. The maximum absolute atomic E-state index is 12.1. The molecule has 0 bridgehead atoms. The van der Waals surface area contributed by atoms with Crippen molar-refractivity contribution in [3.63, 3.8) is 0 Å². The largest absolute Gasteiger partial charge is 0.340 e. The summed E-state index contributed by atoms with van der Waals surface area (Å²) in [4.78, 5) is 28.1. The van der Waals surface area contributed by atoms with Gasteiger partial charge >= 0.3 is 0 Å². The zero-order valence-corrected chi connectivity index (χ0v) is 14.5. The number of carbonyl (C=O) groups excluding carboxylic acids is 2. The maximum atomic E-state index is 12.1. The number of piperazine rings is 1. The van der Waals surface area contributed by atoms with Crippen LogP contribution in [0.5, 0.6) is 0 Å². The highest BCUT2D eigenvalue weighted by Gasteiger charge is 2.22. The molecule has 126 valence electrons. The molecule has 1 aliphatic rings. The molecule has 23 heavy (non-hydrogen) atoms. The van der Waals surface area contributed by atoms with Gasteiger partial charge in [-0.1, -0.05) is 25.4 Å². The Morgan fingerprint density at radius 2 is 1.74 bits per heavy atom. The molecular weight excluding hydrogens is 314 g/mol. The van der Waals surface area contributed by atoms with Gasteiger partial charge in [-0.2, -0.15) is 0 Å². The second-order valence-corrected chi connectivity index (χ2v) is 6.75. The van der Waals surface area contributed by atoms with E-state index in [1.54, 1.807) is 24.3 Å². The Morgan fingerprint density at radius 1 is 1.13 bits per heavy atom. The molecule has 1 aromatic carbocycles. The third-order valence-electron chi connectivity index (χ3n) is 3.80. The van der Waals surface area contributed by atoms with Crippen molar-refractivity contribution >= 4 is 29.1 Å². The molecule has 0 unspecified atom stereocenters. The molecule has 1 N–H and O–H groups in total. The summed E-state index contributed by atoms with van der Waals surface area (Å²) in [5.74, 6) is 0.547. The minimum absolute atomic E-state index is 0.0470. The highest BCUT2D eigenvalue weighted by Crippen LogP contribution is 2.13. The number of nitrogens with zero attached hydrogens (tertiary/aromatic N) is 2. The zero-order valence-electron chi connectivity index (χ0n) is 13.7. The molecule has 0 radical (unpaired) electrons. The minimum atomic E-state index is -0.0470. The van der Waals surface area contributed by atoms with Crippen LogP contribution < -0.4 is 5.32 Å². The standard InChI is InChI=1S/C17H24ClN3O2/c1-13(2)11-17(23)21-9-7-20(8-10-21)12-16(22)19-15-5-3-14(18)4-6-15/h3-6,13H,7-12H2,1-2H3,(H,19,22). The highest BCUT2D eigenvalue weighted by atomic mass is 35.5. The van der Waals surface area contributed by atoms with Crippen molar-refractivity contribution < 1.29 is 9.59 Å². The van der Waals surface area contributed by atoms with Crippen molar-refractivity contribution in [1.29, 1.82) is 0 Å². The van der Waals surface area contributed by atoms with Crippen LogP contribution in [0.15, 0.2) is 24.3 Å². The van der Waals surface area contributed by atoms with E-state index in [2.05, 4.69) is 24.1 Å². The first-order valence-electron chi connectivity index (χ1n) is 7.99. The fraction of sp³-hybridized carbons (Fsp3) is 0.529. The molecule has 0 aromatic heterocycles. The van der Waals surface area contributed by atoms with Crippen molar-refractivity contribution in [2.24, 2.45) is 5.92 Å². The van der Waals surface area contributed by atoms with Crippen molar-refractivity contribution in [3.8, 4) is 0 Å². The first kappa shape index (κ1) is 17.8. The third kappa shape index (κ3) is 5.84. The zero-order chi connectivity index (χ0) is 16.8. The van der Waals surface area contributed by atoms with Gasteiger partial charge in [0.05, 0.1) is 6.54 Å². The van der Waals surface area contributed by atoms with Crippen LogP contribution in [0, 0.1) is 5.92 Å². The predicted octanol–water partition coefficient (Wildman–Crippen LogP) is 2.47. The van der Waals surface area contributed by atoms with Crippen molar-refractivity contribution in [2.45, 2.75) is 20.3 Å². The SMILES string of the molecule is CC(C)CC(=O)N1CCN(CC(=O)Nc2ccc(Cl)cc2)CC1. The fourth-order valence-electron chi connectivity index (χ4n) is 2.57. The lowest BCUT2D eigenvalue weighted by Gasteiger charge is -2.34. The van der Waals surface area contributed by atoms with Crippen molar-refractivity contribution in [2.75, 3.05) is 38.0 Å². The maximum Gasteiger partial charge on any atom is 0.238 e. The van der Waals surface area contributed by atoms with Crippen molar-refractivity contribution in [1.82, 2.24) is 9.80 Å². The van der Waals surface area contributed by atoms with Gasteiger partial charge in [0.2, 0.25) is 11.8 Å². The lowest BCUT2D eigenvalue weighted by Crippen LogP contribution is -2.50. The Kier molecular flexibility index (Phi) is 6.42. The van der Waals surface area contributed by atoms with Gasteiger partial charge in [0.1, 0.15) is 0 Å². The molecule has 0 atom stereocenters. The first-order valence-corrected chi connectivity index (χ1v) is 8.37. The van der Waals surface area contributed by atoms with Crippen LogP contribution in [-0.4, -0.2) is 54.3 Å². The molecule has 0 saturated carbocycles. The Bertz CT molecular complexity index is 537. The lowest BCUT2D eigenvalue weighted by molar-refractivity contribution is -0.133. The molecule has 1 aromatic rings. The topological polar surface area (TPSA) is 52.7 Å². The third-order valence-corrected chi connectivity index (χ3v) is 4.06. The van der Waals surface area contributed by atoms with Gasteiger partial charge in [-0.15, -0.1) is 0 Å². The average Bonchev–Trinajstić information content (AvgIpc) is 2.49. The average molecular weight is 338 g/mol. The van der Waals surface area contributed by atoms with Gasteiger partial charge < -0.3 is 10.2 Å². The molecule has 1 fully saturated rings. The predicted molar refractivity (Wildman–Crippen MR) is 92.6 cm³/mol. The second kappa shape index (κ2) is 8.31. The van der Waals surface area contributed by atoms with Crippen LogP contribution in [0.4, 0.5) is 5.69 Å². The summed E-state index contributed by atoms with van der Waals surface area (Å²) in [7, 11) is 0. The molecular formula is C17H24ClN3O2. The number of benzene rings is 1. The van der Waals surface area contributed by atoms with E-state index in [1.165, 1.54) is 0 Å². The molecule has 1 aliphatic heterocycles. The van der Waals surface area contributed by atoms with Crippen LogP contribution in [0.25, 0.3) is 0 Å². The smallest absolute Gasteiger partial charge is 0.238 e. The normalized spacial score (nSPS) is 15.7. The van der Waals surface area contributed by atoms with Gasteiger partial charge in [0, 0.05) is 43.3 Å². The molecule has 5 nitrogen and oxygen atoms in total. The fourth-order valence-corrected chi connectivity index (χ4v) is 2.70. The number of halogens is 1. The summed E-state index contributed by atoms with van der Waals surface area (Å²) in [5, 5.41) is 3.50. The Morgan fingerprint density at radius 3 is 2.30 bits per heavy atom. The van der Waals surface area contributed by atoms with Gasteiger partial charge in [-0.25, -0.2) is 0 Å². The van der Waals surface area contributed by atoms with E-state index in [0.29, 0.717) is 37.0 Å². The number of nitrogens with one attached hydrogen (secondary N) is 1. The summed E-state index contributed by atoms with van der Waals surface area (Å²) in [6, 6.07) is 7.05. The summed E-state index contributed by atoms with van der Waals surface area (Å²) < 4.78 is 0. The highest BCUT2D eigenvalue weighted by molar-refractivity contribution is 6.30. The summed E-state index contributed by atoms with van der Waals surface area (Å²) in [5.41, 5.74) is 0.741. The van der Waals surface area contributed by atoms with E-state index in [-0.39, 0.29) is 11.8 Å². The van der Waals surface area contributed by atoms with Crippen LogP contribution in [0.1, 0.15) is 20.3 Å². The number of amides is 2. The van der Waals surface area contributed by atoms with Crippen LogP contribution >= 0.6 is 11.6 Å². The van der Waals surface area contributed by atoms with E-state index in [0.717, 1.165) is 18.8 Å². The van der Waals surface area contributed by atoms with Gasteiger partial charge in [-0.05, 0) is 30.2 Å². The van der Waals surface area contributed by atoms with Gasteiger partial charge in [0.15, 0.2) is 0 Å². The van der Waals surface area contributed by atoms with Crippen LogP contribution in [0.2, 0.25) is 5.02 Å². The summed E-state index contributed by atoms with van der Waals surface area (Å²) in [6.07, 6.45) is 0.594. The number of carbonyl (C=O) groups is 2. The molecule has 0 spiro atoms. The minimum Gasteiger partial charge on any atom is -0.340 e. The molecule has 1 heterocycles. The first-order chi connectivity index (χ1) is 10.9. The Balaban J connectivity index is 1.74. The molecule has 1 saturated heterocycles. The summed E-state index contributed by atoms with van der Waals surface area (Å²) >= 11 is 5.82. The van der Waals surface area contributed by atoms with Crippen LogP contribution in [-0.2, 0) is 9.59 Å². The lowest BCUT2D eigenvalue weighted by atomic mass is 10.1. The van der Waals surface area contributed by atoms with E-state index in [1.807, 2.05) is 4.90 Å². The van der Waals surface area contributed by atoms with E-state index in [9.17, 15) is 9.59 Å². The van der Waals surface area contributed by atoms with Gasteiger partial charge in [0.25, 0.3) is 0 Å². The van der Waals surface area contributed by atoms with E-state index < -0.39 is 0 Å². The monoisotopic (exact) mass is 337 g/mol.